The van der Waals surface area contributed by atoms with Crippen LogP contribution in [0.5, 0.6) is 0 Å². The molecule has 0 radical (unpaired) electrons. The van der Waals surface area contributed by atoms with Gasteiger partial charge in [0.05, 0.1) is 5.41 Å². The summed E-state index contributed by atoms with van der Waals surface area (Å²) in [5.41, 5.74) is 5.85. The number of benzene rings is 2. The third kappa shape index (κ3) is 2.43. The van der Waals surface area contributed by atoms with E-state index in [1.54, 1.807) is 7.05 Å². The molecule has 4 heteroatoms. The normalized spacial score (nSPS) is 26.1. The molecule has 0 bridgehead atoms. The van der Waals surface area contributed by atoms with E-state index in [4.69, 9.17) is 0 Å². The van der Waals surface area contributed by atoms with Gasteiger partial charge in [-0.05, 0) is 67.5 Å². The average molecular weight is 362 g/mol. The van der Waals surface area contributed by atoms with Gasteiger partial charge in [-0.1, -0.05) is 30.3 Å². The van der Waals surface area contributed by atoms with E-state index in [0.717, 1.165) is 22.4 Å². The standard InChI is InChI=1S/C23H26N2O2/c1-13-8-9-18-19(12-13)25-22(27)23(18)11-10-17(21(26)24-4)20(23)16-7-5-6-14(2)15(16)3/h5-9,12,17,20H,10-11H2,1-4H3,(H,24,26)(H,25,27)/t17-,20+,23+/m1/s1. The molecule has 1 spiro atoms. The van der Waals surface area contributed by atoms with Crippen LogP contribution in [0, 0.1) is 26.7 Å². The summed E-state index contributed by atoms with van der Waals surface area (Å²) in [7, 11) is 1.68. The van der Waals surface area contributed by atoms with Gasteiger partial charge in [0.2, 0.25) is 11.8 Å². The molecule has 2 aliphatic rings. The van der Waals surface area contributed by atoms with E-state index in [0.29, 0.717) is 12.8 Å². The Kier molecular flexibility index (Phi) is 4.10. The van der Waals surface area contributed by atoms with Crippen molar-refractivity contribution in [1.82, 2.24) is 5.32 Å². The summed E-state index contributed by atoms with van der Waals surface area (Å²) in [4.78, 5) is 26.1. The largest absolute Gasteiger partial charge is 0.359 e. The monoisotopic (exact) mass is 362 g/mol. The van der Waals surface area contributed by atoms with Crippen LogP contribution in [0.4, 0.5) is 5.69 Å². The summed E-state index contributed by atoms with van der Waals surface area (Å²) < 4.78 is 0. The Labute approximate surface area is 160 Å². The van der Waals surface area contributed by atoms with Crippen molar-refractivity contribution in [2.24, 2.45) is 5.92 Å². The lowest BCUT2D eigenvalue weighted by molar-refractivity contribution is -0.125. The van der Waals surface area contributed by atoms with E-state index in [9.17, 15) is 9.59 Å². The molecule has 1 heterocycles. The number of carbonyl (C=O) groups is 2. The average Bonchev–Trinajstić information content (AvgIpc) is 3.16. The highest BCUT2D eigenvalue weighted by Crippen LogP contribution is 2.59. The van der Waals surface area contributed by atoms with Crippen LogP contribution in [0.15, 0.2) is 36.4 Å². The molecule has 1 fully saturated rings. The number of hydrogen-bond acceptors (Lipinski definition) is 2. The number of fused-ring (bicyclic) bond motifs is 2. The molecule has 140 valence electrons. The van der Waals surface area contributed by atoms with Gasteiger partial charge >= 0.3 is 0 Å². The maximum atomic E-state index is 13.4. The predicted octanol–water partition coefficient (Wildman–Crippen LogP) is 3.74. The van der Waals surface area contributed by atoms with E-state index < -0.39 is 5.41 Å². The molecule has 2 N–H and O–H groups in total. The molecule has 2 aromatic rings. The molecule has 1 aliphatic carbocycles. The molecule has 0 unspecified atom stereocenters. The van der Waals surface area contributed by atoms with Crippen LogP contribution < -0.4 is 10.6 Å². The van der Waals surface area contributed by atoms with E-state index in [2.05, 4.69) is 48.7 Å². The summed E-state index contributed by atoms with van der Waals surface area (Å²) in [6.45, 7) is 6.21. The van der Waals surface area contributed by atoms with Crippen LogP contribution in [0.2, 0.25) is 0 Å². The predicted molar refractivity (Wildman–Crippen MR) is 107 cm³/mol. The smallest absolute Gasteiger partial charge is 0.235 e. The van der Waals surface area contributed by atoms with Crippen molar-refractivity contribution < 1.29 is 9.59 Å². The first-order valence-electron chi connectivity index (χ1n) is 9.60. The number of anilines is 1. The van der Waals surface area contributed by atoms with Crippen LogP contribution in [-0.4, -0.2) is 18.9 Å². The lowest BCUT2D eigenvalue weighted by Crippen LogP contribution is -2.41. The van der Waals surface area contributed by atoms with Gasteiger partial charge in [-0.2, -0.15) is 0 Å². The Hall–Kier alpha value is -2.62. The highest BCUT2D eigenvalue weighted by Gasteiger charge is 2.60. The second-order valence-electron chi connectivity index (χ2n) is 8.00. The minimum atomic E-state index is -0.682. The fourth-order valence-electron chi connectivity index (χ4n) is 5.17. The zero-order valence-corrected chi connectivity index (χ0v) is 16.3. The minimum absolute atomic E-state index is 0.0196. The molecular weight excluding hydrogens is 336 g/mol. The third-order valence-electron chi connectivity index (χ3n) is 6.66. The Morgan fingerprint density at radius 2 is 1.96 bits per heavy atom. The van der Waals surface area contributed by atoms with E-state index >= 15 is 0 Å². The molecule has 4 nitrogen and oxygen atoms in total. The molecule has 4 rings (SSSR count). The second kappa shape index (κ2) is 6.22. The summed E-state index contributed by atoms with van der Waals surface area (Å²) in [6.07, 6.45) is 1.39. The lowest BCUT2D eigenvalue weighted by atomic mass is 9.67. The molecule has 1 saturated carbocycles. The summed E-state index contributed by atoms with van der Waals surface area (Å²) >= 11 is 0. The number of nitrogens with one attached hydrogen (secondary N) is 2. The van der Waals surface area contributed by atoms with Crippen molar-refractivity contribution in [3.63, 3.8) is 0 Å². The van der Waals surface area contributed by atoms with E-state index in [1.807, 2.05) is 19.1 Å². The SMILES string of the molecule is CNC(=O)[C@@H]1CC[C@@]2(C(=O)Nc3cc(C)ccc32)[C@H]1c1cccc(C)c1C. The third-order valence-corrected chi connectivity index (χ3v) is 6.66. The molecule has 3 atom stereocenters. The highest BCUT2D eigenvalue weighted by molar-refractivity contribution is 6.08. The van der Waals surface area contributed by atoms with Crippen molar-refractivity contribution in [1.29, 1.82) is 0 Å². The fourth-order valence-corrected chi connectivity index (χ4v) is 5.17. The van der Waals surface area contributed by atoms with Crippen LogP contribution in [-0.2, 0) is 15.0 Å². The van der Waals surface area contributed by atoms with Crippen LogP contribution in [0.1, 0.15) is 46.6 Å². The zero-order chi connectivity index (χ0) is 19.3. The number of rotatable bonds is 2. The van der Waals surface area contributed by atoms with Gasteiger partial charge in [0, 0.05) is 24.6 Å². The fraction of sp³-hybridized carbons (Fsp3) is 0.391. The molecular formula is C23H26N2O2. The molecule has 2 aromatic carbocycles. The summed E-state index contributed by atoms with van der Waals surface area (Å²) in [6, 6.07) is 12.4. The van der Waals surface area contributed by atoms with Crippen molar-refractivity contribution in [3.05, 3.63) is 64.2 Å². The topological polar surface area (TPSA) is 58.2 Å². The molecule has 1 aliphatic heterocycles. The van der Waals surface area contributed by atoms with Gasteiger partial charge in [0.25, 0.3) is 0 Å². The zero-order valence-electron chi connectivity index (χ0n) is 16.3. The Balaban J connectivity index is 1.96. The molecule has 0 aromatic heterocycles. The number of amides is 2. The molecule has 27 heavy (non-hydrogen) atoms. The quantitative estimate of drug-likeness (QED) is 0.855. The Bertz CT molecular complexity index is 949. The first-order chi connectivity index (χ1) is 12.9. The van der Waals surface area contributed by atoms with Gasteiger partial charge in [0.15, 0.2) is 0 Å². The summed E-state index contributed by atoms with van der Waals surface area (Å²) in [5.74, 6) is -0.332. The van der Waals surface area contributed by atoms with Crippen LogP contribution >= 0.6 is 0 Å². The second-order valence-corrected chi connectivity index (χ2v) is 8.00. The number of aryl methyl sites for hydroxylation is 2. The summed E-state index contributed by atoms with van der Waals surface area (Å²) in [5, 5.41) is 5.94. The highest BCUT2D eigenvalue weighted by atomic mass is 16.2. The number of hydrogen-bond donors (Lipinski definition) is 2. The Morgan fingerprint density at radius 3 is 2.70 bits per heavy atom. The van der Waals surface area contributed by atoms with Crippen LogP contribution in [0.3, 0.4) is 0 Å². The molecule has 0 saturated heterocycles. The lowest BCUT2D eigenvalue weighted by Gasteiger charge is -2.34. The van der Waals surface area contributed by atoms with E-state index in [1.165, 1.54) is 11.1 Å². The molecule has 2 amide bonds. The maximum Gasteiger partial charge on any atom is 0.235 e. The van der Waals surface area contributed by atoms with Crippen molar-refractivity contribution in [2.75, 3.05) is 12.4 Å². The van der Waals surface area contributed by atoms with Gasteiger partial charge in [-0.25, -0.2) is 0 Å². The van der Waals surface area contributed by atoms with Crippen molar-refractivity contribution in [2.45, 2.75) is 44.9 Å². The van der Waals surface area contributed by atoms with Gasteiger partial charge < -0.3 is 10.6 Å². The van der Waals surface area contributed by atoms with E-state index in [-0.39, 0.29) is 23.7 Å². The maximum absolute atomic E-state index is 13.4. The van der Waals surface area contributed by atoms with Gasteiger partial charge in [0.1, 0.15) is 0 Å². The van der Waals surface area contributed by atoms with Crippen molar-refractivity contribution >= 4 is 17.5 Å². The minimum Gasteiger partial charge on any atom is -0.359 e. The van der Waals surface area contributed by atoms with Crippen molar-refractivity contribution in [3.8, 4) is 0 Å². The van der Waals surface area contributed by atoms with Crippen LogP contribution in [0.25, 0.3) is 0 Å². The Morgan fingerprint density at radius 1 is 1.19 bits per heavy atom. The first kappa shape index (κ1) is 17.8. The first-order valence-corrected chi connectivity index (χ1v) is 9.60. The van der Waals surface area contributed by atoms with Gasteiger partial charge in [-0.15, -0.1) is 0 Å². The number of carbonyl (C=O) groups excluding carboxylic acids is 2. The van der Waals surface area contributed by atoms with Gasteiger partial charge in [-0.3, -0.25) is 9.59 Å².